The summed E-state index contributed by atoms with van der Waals surface area (Å²) in [5, 5.41) is 9.49. The summed E-state index contributed by atoms with van der Waals surface area (Å²) < 4.78 is 0.729. The third-order valence-corrected chi connectivity index (χ3v) is 4.46. The summed E-state index contributed by atoms with van der Waals surface area (Å²) in [5.74, 6) is -1.48. The molecule has 1 aliphatic heterocycles. The Morgan fingerprint density at radius 3 is 2.79 bits per heavy atom. The van der Waals surface area contributed by atoms with E-state index in [0.717, 1.165) is 4.47 Å². The van der Waals surface area contributed by atoms with Crippen molar-refractivity contribution in [3.05, 3.63) is 33.3 Å². The van der Waals surface area contributed by atoms with Gasteiger partial charge in [0, 0.05) is 23.1 Å². The molecular formula is C13H13BrClNO3. The molecule has 4 nitrogen and oxygen atoms in total. The van der Waals surface area contributed by atoms with Gasteiger partial charge in [-0.2, -0.15) is 0 Å². The molecule has 0 aliphatic carbocycles. The Morgan fingerprint density at radius 2 is 2.16 bits per heavy atom. The molecule has 1 aromatic carbocycles. The topological polar surface area (TPSA) is 57.6 Å². The number of likely N-dealkylation sites (tertiary alicyclic amines) is 1. The standard InChI is InChI=1S/C13H13BrClNO3/c14-10-4-3-8(6-11(10)15)12(17)16-5-1-2-9(7-16)13(18)19/h3-4,6,9H,1-2,5,7H2,(H,18,19). The van der Waals surface area contributed by atoms with E-state index in [1.165, 1.54) is 0 Å². The van der Waals surface area contributed by atoms with Gasteiger partial charge in [-0.15, -0.1) is 0 Å². The number of amides is 1. The van der Waals surface area contributed by atoms with Crippen molar-refractivity contribution in [2.75, 3.05) is 13.1 Å². The molecule has 1 N–H and O–H groups in total. The van der Waals surface area contributed by atoms with Crippen LogP contribution in [0.1, 0.15) is 23.2 Å². The number of benzene rings is 1. The van der Waals surface area contributed by atoms with Crippen LogP contribution in [0.15, 0.2) is 22.7 Å². The largest absolute Gasteiger partial charge is 0.481 e. The number of hydrogen-bond donors (Lipinski definition) is 1. The van der Waals surface area contributed by atoms with E-state index in [0.29, 0.717) is 30.0 Å². The lowest BCUT2D eigenvalue weighted by atomic mass is 9.97. The van der Waals surface area contributed by atoms with Crippen LogP contribution in [0.4, 0.5) is 0 Å². The van der Waals surface area contributed by atoms with Crippen LogP contribution in [0, 0.1) is 5.92 Å². The van der Waals surface area contributed by atoms with Gasteiger partial charge in [0.05, 0.1) is 10.9 Å². The van der Waals surface area contributed by atoms with E-state index in [1.807, 2.05) is 0 Å². The molecule has 1 unspecified atom stereocenters. The maximum Gasteiger partial charge on any atom is 0.308 e. The van der Waals surface area contributed by atoms with E-state index in [4.69, 9.17) is 16.7 Å². The fourth-order valence-corrected chi connectivity index (χ4v) is 2.60. The van der Waals surface area contributed by atoms with Gasteiger partial charge in [-0.05, 0) is 47.0 Å². The van der Waals surface area contributed by atoms with Crippen molar-refractivity contribution in [3.63, 3.8) is 0 Å². The number of nitrogens with zero attached hydrogens (tertiary/aromatic N) is 1. The third-order valence-electron chi connectivity index (χ3n) is 3.22. The summed E-state index contributed by atoms with van der Waals surface area (Å²) in [6, 6.07) is 5.00. The molecule has 1 atom stereocenters. The second-order valence-electron chi connectivity index (χ2n) is 4.56. The van der Waals surface area contributed by atoms with Gasteiger partial charge in [0.1, 0.15) is 0 Å². The van der Waals surface area contributed by atoms with Crippen LogP contribution < -0.4 is 0 Å². The molecule has 0 radical (unpaired) electrons. The number of rotatable bonds is 2. The van der Waals surface area contributed by atoms with Crippen LogP contribution in [0.25, 0.3) is 0 Å². The van der Waals surface area contributed by atoms with E-state index >= 15 is 0 Å². The minimum Gasteiger partial charge on any atom is -0.481 e. The fourth-order valence-electron chi connectivity index (χ4n) is 2.17. The highest BCUT2D eigenvalue weighted by Crippen LogP contribution is 2.25. The molecule has 2 rings (SSSR count). The molecule has 1 amide bonds. The first-order valence-electron chi connectivity index (χ1n) is 5.96. The molecule has 1 aliphatic rings. The first-order chi connectivity index (χ1) is 8.99. The molecule has 6 heteroatoms. The lowest BCUT2D eigenvalue weighted by Gasteiger charge is -2.30. The quantitative estimate of drug-likeness (QED) is 0.895. The van der Waals surface area contributed by atoms with Gasteiger partial charge in [0.15, 0.2) is 0 Å². The van der Waals surface area contributed by atoms with E-state index in [9.17, 15) is 9.59 Å². The normalized spacial score (nSPS) is 19.3. The fraction of sp³-hybridized carbons (Fsp3) is 0.385. The smallest absolute Gasteiger partial charge is 0.308 e. The van der Waals surface area contributed by atoms with Crippen molar-refractivity contribution < 1.29 is 14.7 Å². The van der Waals surface area contributed by atoms with Crippen LogP contribution in [0.2, 0.25) is 5.02 Å². The molecule has 1 heterocycles. The Balaban J connectivity index is 2.14. The molecule has 1 fully saturated rings. The van der Waals surface area contributed by atoms with Crippen molar-refractivity contribution in [2.24, 2.45) is 5.92 Å². The van der Waals surface area contributed by atoms with Crippen LogP contribution in [0.3, 0.4) is 0 Å². The average Bonchev–Trinajstić information content (AvgIpc) is 2.41. The van der Waals surface area contributed by atoms with Crippen molar-refractivity contribution in [1.82, 2.24) is 4.90 Å². The van der Waals surface area contributed by atoms with Crippen LogP contribution >= 0.6 is 27.5 Å². The summed E-state index contributed by atoms with van der Waals surface area (Å²) >= 11 is 9.23. The van der Waals surface area contributed by atoms with Gasteiger partial charge < -0.3 is 10.0 Å². The zero-order valence-electron chi connectivity index (χ0n) is 10.1. The maximum absolute atomic E-state index is 12.3. The van der Waals surface area contributed by atoms with Crippen molar-refractivity contribution >= 4 is 39.4 Å². The SMILES string of the molecule is O=C(O)C1CCCN(C(=O)c2ccc(Br)c(Cl)c2)C1. The highest BCUT2D eigenvalue weighted by atomic mass is 79.9. The predicted molar refractivity (Wildman–Crippen MR) is 75.4 cm³/mol. The number of carboxylic acids is 1. The van der Waals surface area contributed by atoms with Gasteiger partial charge in [-0.1, -0.05) is 11.6 Å². The summed E-state index contributed by atoms with van der Waals surface area (Å²) in [7, 11) is 0. The van der Waals surface area contributed by atoms with Gasteiger partial charge >= 0.3 is 5.97 Å². The van der Waals surface area contributed by atoms with E-state index in [1.54, 1.807) is 23.1 Å². The molecule has 1 aromatic rings. The van der Waals surface area contributed by atoms with Crippen molar-refractivity contribution in [3.8, 4) is 0 Å². The summed E-state index contributed by atoms with van der Waals surface area (Å²) in [4.78, 5) is 24.9. The summed E-state index contributed by atoms with van der Waals surface area (Å²) in [6.45, 7) is 0.859. The second-order valence-corrected chi connectivity index (χ2v) is 5.82. The minimum absolute atomic E-state index is 0.166. The lowest BCUT2D eigenvalue weighted by molar-refractivity contribution is -0.143. The van der Waals surface area contributed by atoms with Gasteiger partial charge in [0.25, 0.3) is 5.91 Å². The number of halogens is 2. The van der Waals surface area contributed by atoms with Crippen LogP contribution in [-0.4, -0.2) is 35.0 Å². The molecule has 0 aromatic heterocycles. The van der Waals surface area contributed by atoms with E-state index < -0.39 is 11.9 Å². The minimum atomic E-state index is -0.841. The van der Waals surface area contributed by atoms with Crippen molar-refractivity contribution in [2.45, 2.75) is 12.8 Å². The second kappa shape index (κ2) is 5.92. The molecule has 102 valence electrons. The zero-order chi connectivity index (χ0) is 14.0. The molecule has 1 saturated heterocycles. The number of aliphatic carboxylic acids is 1. The molecule has 19 heavy (non-hydrogen) atoms. The number of carbonyl (C=O) groups is 2. The molecule has 0 bridgehead atoms. The Bertz CT molecular complexity index is 521. The monoisotopic (exact) mass is 345 g/mol. The Labute approximate surface area is 124 Å². The highest BCUT2D eigenvalue weighted by molar-refractivity contribution is 9.10. The number of hydrogen-bond acceptors (Lipinski definition) is 2. The number of carboxylic acid groups (broad SMARTS) is 1. The first kappa shape index (κ1) is 14.3. The Kier molecular flexibility index (Phi) is 4.47. The average molecular weight is 347 g/mol. The molecule has 0 saturated carbocycles. The van der Waals surface area contributed by atoms with E-state index in [-0.39, 0.29) is 12.5 Å². The lowest BCUT2D eigenvalue weighted by Crippen LogP contribution is -2.42. The maximum atomic E-state index is 12.3. The molecular weight excluding hydrogens is 334 g/mol. The number of piperidine rings is 1. The predicted octanol–water partition coefficient (Wildman–Crippen LogP) is 3.04. The highest BCUT2D eigenvalue weighted by Gasteiger charge is 2.28. The van der Waals surface area contributed by atoms with Gasteiger partial charge in [-0.25, -0.2) is 0 Å². The summed E-state index contributed by atoms with van der Waals surface area (Å²) in [6.07, 6.45) is 1.34. The van der Waals surface area contributed by atoms with Gasteiger partial charge in [0.2, 0.25) is 0 Å². The first-order valence-corrected chi connectivity index (χ1v) is 7.13. The molecule has 0 spiro atoms. The summed E-state index contributed by atoms with van der Waals surface area (Å²) in [5.41, 5.74) is 0.485. The Morgan fingerprint density at radius 1 is 1.42 bits per heavy atom. The van der Waals surface area contributed by atoms with Crippen LogP contribution in [0.5, 0.6) is 0 Å². The number of carbonyl (C=O) groups excluding carboxylic acids is 1. The van der Waals surface area contributed by atoms with Crippen molar-refractivity contribution in [1.29, 1.82) is 0 Å². The third kappa shape index (κ3) is 3.28. The van der Waals surface area contributed by atoms with E-state index in [2.05, 4.69) is 15.9 Å². The zero-order valence-corrected chi connectivity index (χ0v) is 12.4. The van der Waals surface area contributed by atoms with Crippen LogP contribution in [-0.2, 0) is 4.79 Å². The Hall–Kier alpha value is -1.07. The van der Waals surface area contributed by atoms with Gasteiger partial charge in [-0.3, -0.25) is 9.59 Å².